The maximum Gasteiger partial charge on any atom is 0.336 e. The molecule has 0 heterocycles. The van der Waals surface area contributed by atoms with Crippen molar-refractivity contribution in [2.24, 2.45) is 0 Å². The zero-order valence-electron chi connectivity index (χ0n) is 15.0. The van der Waals surface area contributed by atoms with E-state index in [9.17, 15) is 14.7 Å². The van der Waals surface area contributed by atoms with Crippen molar-refractivity contribution in [3.8, 4) is 11.5 Å². The number of ether oxygens (including phenoxy) is 2. The molecule has 3 aromatic rings. The molecule has 0 unspecified atom stereocenters. The van der Waals surface area contributed by atoms with E-state index in [0.29, 0.717) is 15.8 Å². The summed E-state index contributed by atoms with van der Waals surface area (Å²) >= 11 is 3.34. The fourth-order valence-electron chi connectivity index (χ4n) is 2.72. The second-order valence-electron chi connectivity index (χ2n) is 5.94. The van der Waals surface area contributed by atoms with Crippen LogP contribution in [0.5, 0.6) is 11.5 Å². The lowest BCUT2D eigenvalue weighted by molar-refractivity contribution is 0.0692. The Bertz CT molecular complexity index is 1010. The van der Waals surface area contributed by atoms with Crippen LogP contribution in [-0.4, -0.2) is 24.0 Å². The molecule has 0 bridgehead atoms. The summed E-state index contributed by atoms with van der Waals surface area (Å²) in [6, 6.07) is 19.1. The van der Waals surface area contributed by atoms with Crippen LogP contribution in [0, 0.1) is 0 Å². The number of aromatic carboxylic acids is 1. The summed E-state index contributed by atoms with van der Waals surface area (Å²) in [5, 5.41) is 9.59. The molecule has 0 saturated heterocycles. The lowest BCUT2D eigenvalue weighted by atomic mass is 9.97. The largest absolute Gasteiger partial charge is 0.493 e. The highest BCUT2D eigenvalue weighted by Gasteiger charge is 2.23. The second kappa shape index (κ2) is 8.71. The van der Waals surface area contributed by atoms with Gasteiger partial charge in [-0.25, -0.2) is 4.79 Å². The highest BCUT2D eigenvalue weighted by Crippen LogP contribution is 2.33. The summed E-state index contributed by atoms with van der Waals surface area (Å²) in [4.78, 5) is 24.8. The van der Waals surface area contributed by atoms with Crippen molar-refractivity contribution in [1.29, 1.82) is 0 Å². The van der Waals surface area contributed by atoms with Crippen LogP contribution >= 0.6 is 15.9 Å². The van der Waals surface area contributed by atoms with E-state index in [0.717, 1.165) is 5.56 Å². The smallest absolute Gasteiger partial charge is 0.336 e. The van der Waals surface area contributed by atoms with Gasteiger partial charge < -0.3 is 14.6 Å². The molecule has 0 fully saturated rings. The van der Waals surface area contributed by atoms with Crippen molar-refractivity contribution in [2.75, 3.05) is 7.11 Å². The minimum Gasteiger partial charge on any atom is -0.493 e. The van der Waals surface area contributed by atoms with E-state index in [1.54, 1.807) is 24.3 Å². The van der Waals surface area contributed by atoms with Gasteiger partial charge in [-0.2, -0.15) is 0 Å². The quantitative estimate of drug-likeness (QED) is 0.525. The SMILES string of the molecule is COc1cc(C(=O)O)c(C(=O)c2ccccc2Br)cc1OCc1ccccc1. The third kappa shape index (κ3) is 4.23. The van der Waals surface area contributed by atoms with E-state index in [4.69, 9.17) is 9.47 Å². The maximum atomic E-state index is 13.0. The minimum absolute atomic E-state index is 0.0308. The maximum absolute atomic E-state index is 13.0. The van der Waals surface area contributed by atoms with Gasteiger partial charge >= 0.3 is 5.97 Å². The highest BCUT2D eigenvalue weighted by atomic mass is 79.9. The van der Waals surface area contributed by atoms with Gasteiger partial charge in [0.1, 0.15) is 6.61 Å². The molecule has 0 aliphatic rings. The Morgan fingerprint density at radius 1 is 0.893 bits per heavy atom. The first-order valence-corrected chi connectivity index (χ1v) is 9.22. The van der Waals surface area contributed by atoms with Crippen molar-refractivity contribution in [2.45, 2.75) is 6.61 Å². The van der Waals surface area contributed by atoms with E-state index in [1.165, 1.54) is 19.2 Å². The predicted octanol–water partition coefficient (Wildman–Crippen LogP) is 4.97. The van der Waals surface area contributed by atoms with Gasteiger partial charge in [0.25, 0.3) is 0 Å². The molecule has 0 spiro atoms. The minimum atomic E-state index is -1.22. The average molecular weight is 441 g/mol. The van der Waals surface area contributed by atoms with Crippen molar-refractivity contribution >= 4 is 27.7 Å². The summed E-state index contributed by atoms with van der Waals surface area (Å²) in [7, 11) is 1.42. The van der Waals surface area contributed by atoms with Crippen LogP contribution < -0.4 is 9.47 Å². The molecule has 0 aliphatic heterocycles. The monoisotopic (exact) mass is 440 g/mol. The van der Waals surface area contributed by atoms with Crippen molar-refractivity contribution in [1.82, 2.24) is 0 Å². The van der Waals surface area contributed by atoms with E-state index in [1.807, 2.05) is 30.3 Å². The number of rotatable bonds is 7. The molecule has 1 N–H and O–H groups in total. The Hall–Kier alpha value is -3.12. The Kier molecular flexibility index (Phi) is 6.11. The van der Waals surface area contributed by atoms with Gasteiger partial charge in [0.2, 0.25) is 0 Å². The number of halogens is 1. The lowest BCUT2D eigenvalue weighted by Gasteiger charge is -2.15. The van der Waals surface area contributed by atoms with Gasteiger partial charge in [0, 0.05) is 15.6 Å². The Morgan fingerprint density at radius 3 is 2.18 bits per heavy atom. The van der Waals surface area contributed by atoms with Gasteiger partial charge in [0.15, 0.2) is 17.3 Å². The molecule has 28 heavy (non-hydrogen) atoms. The molecular weight excluding hydrogens is 424 g/mol. The first kappa shape index (κ1) is 19.6. The standard InChI is InChI=1S/C22H17BrO5/c1-27-19-12-17(22(25)26)16(21(24)15-9-5-6-10-18(15)23)11-20(19)28-13-14-7-3-2-4-8-14/h2-12H,13H2,1H3,(H,25,26). The Balaban J connectivity index is 2.03. The number of benzene rings is 3. The summed E-state index contributed by atoms with van der Waals surface area (Å²) in [5.74, 6) is -1.09. The Morgan fingerprint density at radius 2 is 1.54 bits per heavy atom. The summed E-state index contributed by atoms with van der Waals surface area (Å²) < 4.78 is 11.7. The van der Waals surface area contributed by atoms with Crippen LogP contribution in [-0.2, 0) is 6.61 Å². The van der Waals surface area contributed by atoms with Gasteiger partial charge in [-0.05, 0) is 29.8 Å². The molecule has 6 heteroatoms. The predicted molar refractivity (Wildman–Crippen MR) is 108 cm³/mol. The third-order valence-electron chi connectivity index (χ3n) is 4.13. The van der Waals surface area contributed by atoms with Crippen LogP contribution in [0.1, 0.15) is 31.8 Å². The topological polar surface area (TPSA) is 72.8 Å². The molecule has 0 aromatic heterocycles. The van der Waals surface area contributed by atoms with Crippen LogP contribution in [0.15, 0.2) is 71.2 Å². The van der Waals surface area contributed by atoms with E-state index < -0.39 is 11.8 Å². The van der Waals surface area contributed by atoms with Gasteiger partial charge in [-0.1, -0.05) is 58.4 Å². The van der Waals surface area contributed by atoms with Crippen LogP contribution in [0.4, 0.5) is 0 Å². The third-order valence-corrected chi connectivity index (χ3v) is 4.83. The molecule has 0 radical (unpaired) electrons. The first-order chi connectivity index (χ1) is 13.5. The first-order valence-electron chi connectivity index (χ1n) is 8.42. The molecule has 142 valence electrons. The molecule has 3 aromatic carbocycles. The summed E-state index contributed by atoms with van der Waals surface area (Å²) in [6.07, 6.45) is 0. The number of methoxy groups -OCH3 is 1. The van der Waals surface area contributed by atoms with Crippen LogP contribution in [0.25, 0.3) is 0 Å². The van der Waals surface area contributed by atoms with Gasteiger partial charge in [0.05, 0.1) is 12.7 Å². The number of carboxylic acid groups (broad SMARTS) is 1. The Labute approximate surface area is 170 Å². The van der Waals surface area contributed by atoms with E-state index >= 15 is 0 Å². The molecule has 0 atom stereocenters. The molecule has 0 aliphatic carbocycles. The average Bonchev–Trinajstić information content (AvgIpc) is 2.72. The summed E-state index contributed by atoms with van der Waals surface area (Å²) in [5.41, 5.74) is 1.18. The zero-order valence-corrected chi connectivity index (χ0v) is 16.6. The number of carbonyl (C=O) groups is 2. The van der Waals surface area contributed by atoms with E-state index in [-0.39, 0.29) is 23.5 Å². The van der Waals surface area contributed by atoms with Crippen molar-refractivity contribution in [3.05, 3.63) is 93.5 Å². The molecule has 0 amide bonds. The van der Waals surface area contributed by atoms with Crippen molar-refractivity contribution in [3.63, 3.8) is 0 Å². The number of hydrogen-bond donors (Lipinski definition) is 1. The van der Waals surface area contributed by atoms with Crippen LogP contribution in [0.3, 0.4) is 0 Å². The molecule has 3 rings (SSSR count). The van der Waals surface area contributed by atoms with Gasteiger partial charge in [-0.3, -0.25) is 4.79 Å². The zero-order chi connectivity index (χ0) is 20.1. The lowest BCUT2D eigenvalue weighted by Crippen LogP contribution is -2.12. The van der Waals surface area contributed by atoms with Crippen molar-refractivity contribution < 1.29 is 24.2 Å². The number of hydrogen-bond acceptors (Lipinski definition) is 4. The number of carbonyl (C=O) groups excluding carboxylic acids is 1. The fourth-order valence-corrected chi connectivity index (χ4v) is 3.19. The summed E-state index contributed by atoms with van der Waals surface area (Å²) in [6.45, 7) is 0.256. The molecule has 5 nitrogen and oxygen atoms in total. The highest BCUT2D eigenvalue weighted by molar-refractivity contribution is 9.10. The normalized spacial score (nSPS) is 10.4. The number of carboxylic acids is 1. The van der Waals surface area contributed by atoms with E-state index in [2.05, 4.69) is 15.9 Å². The van der Waals surface area contributed by atoms with Gasteiger partial charge in [-0.15, -0.1) is 0 Å². The van der Waals surface area contributed by atoms with Crippen LogP contribution in [0.2, 0.25) is 0 Å². The second-order valence-corrected chi connectivity index (χ2v) is 6.79. The molecule has 0 saturated carbocycles. The number of ketones is 1. The fraction of sp³-hybridized carbons (Fsp3) is 0.0909. The molecular formula is C22H17BrO5.